The van der Waals surface area contributed by atoms with Gasteiger partial charge >= 0.3 is 0 Å². The maximum atomic E-state index is 4.52. The van der Waals surface area contributed by atoms with E-state index in [9.17, 15) is 0 Å². The molecule has 0 atom stereocenters. The number of benzene rings is 1. The molecule has 1 N–H and O–H groups in total. The molecule has 3 rings (SSSR count). The molecule has 0 saturated carbocycles. The van der Waals surface area contributed by atoms with Crippen LogP contribution >= 0.6 is 0 Å². The van der Waals surface area contributed by atoms with E-state index < -0.39 is 0 Å². The first-order valence-electron chi connectivity index (χ1n) is 8.26. The molecule has 7 nitrogen and oxygen atoms in total. The highest BCUT2D eigenvalue weighted by molar-refractivity contribution is 5.54. The second-order valence-corrected chi connectivity index (χ2v) is 6.42. The van der Waals surface area contributed by atoms with Crippen molar-refractivity contribution in [3.63, 3.8) is 0 Å². The van der Waals surface area contributed by atoms with Gasteiger partial charge in [0.25, 0.3) is 0 Å². The predicted molar refractivity (Wildman–Crippen MR) is 99.3 cm³/mol. The Hall–Kier alpha value is -2.96. The fraction of sp³-hybridized carbons (Fsp3) is 0.333. The highest BCUT2D eigenvalue weighted by atomic mass is 15.3. The second-order valence-electron chi connectivity index (χ2n) is 6.42. The largest absolute Gasteiger partial charge is 0.347 e. The SMILES string of the molecule is CC(C)c1nc(Nc2ccc(Cn3ccnc3)cc2)nc(N(C)C)n1. The summed E-state index contributed by atoms with van der Waals surface area (Å²) in [6.07, 6.45) is 5.55. The van der Waals surface area contributed by atoms with E-state index in [0.717, 1.165) is 18.1 Å². The Balaban J connectivity index is 1.77. The monoisotopic (exact) mass is 337 g/mol. The Labute approximate surface area is 147 Å². The zero-order valence-corrected chi connectivity index (χ0v) is 15.0. The van der Waals surface area contributed by atoms with E-state index in [2.05, 4.69) is 51.2 Å². The van der Waals surface area contributed by atoms with E-state index >= 15 is 0 Å². The molecular formula is C18H23N7. The van der Waals surface area contributed by atoms with Gasteiger partial charge in [0.05, 0.1) is 6.33 Å². The molecule has 0 amide bonds. The summed E-state index contributed by atoms with van der Waals surface area (Å²) >= 11 is 0. The van der Waals surface area contributed by atoms with Gasteiger partial charge in [-0.1, -0.05) is 26.0 Å². The molecule has 2 heterocycles. The summed E-state index contributed by atoms with van der Waals surface area (Å²) in [4.78, 5) is 19.4. The summed E-state index contributed by atoms with van der Waals surface area (Å²) in [6.45, 7) is 4.95. The highest BCUT2D eigenvalue weighted by Crippen LogP contribution is 2.19. The molecule has 0 fully saturated rings. The van der Waals surface area contributed by atoms with Crippen molar-refractivity contribution in [2.24, 2.45) is 0 Å². The Morgan fingerprint density at radius 3 is 2.44 bits per heavy atom. The highest BCUT2D eigenvalue weighted by Gasteiger charge is 2.11. The lowest BCUT2D eigenvalue weighted by Crippen LogP contribution is -2.16. The van der Waals surface area contributed by atoms with Crippen molar-refractivity contribution in [2.45, 2.75) is 26.3 Å². The Morgan fingerprint density at radius 1 is 1.08 bits per heavy atom. The number of aromatic nitrogens is 5. The van der Waals surface area contributed by atoms with E-state index in [1.165, 1.54) is 5.56 Å². The zero-order valence-electron chi connectivity index (χ0n) is 15.0. The molecule has 0 unspecified atom stereocenters. The maximum Gasteiger partial charge on any atom is 0.232 e. The van der Waals surface area contributed by atoms with E-state index in [4.69, 9.17) is 0 Å². The fourth-order valence-electron chi connectivity index (χ4n) is 2.31. The van der Waals surface area contributed by atoms with Gasteiger partial charge in [-0.25, -0.2) is 4.98 Å². The van der Waals surface area contributed by atoms with Crippen LogP contribution in [0.3, 0.4) is 0 Å². The summed E-state index contributed by atoms with van der Waals surface area (Å²) < 4.78 is 2.03. The smallest absolute Gasteiger partial charge is 0.232 e. The topological polar surface area (TPSA) is 71.8 Å². The van der Waals surface area contributed by atoms with Crippen LogP contribution in [0.25, 0.3) is 0 Å². The number of anilines is 3. The number of rotatable bonds is 6. The quantitative estimate of drug-likeness (QED) is 0.745. The number of nitrogens with zero attached hydrogens (tertiary/aromatic N) is 6. The summed E-state index contributed by atoms with van der Waals surface area (Å²) in [5.41, 5.74) is 2.15. The molecule has 0 saturated heterocycles. The van der Waals surface area contributed by atoms with Gasteiger partial charge < -0.3 is 14.8 Å². The number of hydrogen-bond acceptors (Lipinski definition) is 6. The van der Waals surface area contributed by atoms with Crippen LogP contribution in [-0.4, -0.2) is 38.6 Å². The maximum absolute atomic E-state index is 4.52. The first kappa shape index (κ1) is 16.9. The van der Waals surface area contributed by atoms with Crippen LogP contribution in [0.5, 0.6) is 0 Å². The van der Waals surface area contributed by atoms with Crippen LogP contribution in [0, 0.1) is 0 Å². The molecule has 1 aromatic carbocycles. The molecule has 130 valence electrons. The summed E-state index contributed by atoms with van der Waals surface area (Å²) in [7, 11) is 3.85. The Morgan fingerprint density at radius 2 is 1.84 bits per heavy atom. The van der Waals surface area contributed by atoms with E-state index in [0.29, 0.717) is 11.9 Å². The molecule has 0 radical (unpaired) electrons. The van der Waals surface area contributed by atoms with Crippen LogP contribution in [0.15, 0.2) is 43.0 Å². The summed E-state index contributed by atoms with van der Waals surface area (Å²) in [5.74, 6) is 2.22. The molecule has 3 aromatic rings. The minimum atomic E-state index is 0.236. The van der Waals surface area contributed by atoms with Gasteiger partial charge in [0, 0.05) is 44.6 Å². The summed E-state index contributed by atoms with van der Waals surface area (Å²) in [6, 6.07) is 8.22. The van der Waals surface area contributed by atoms with Crippen molar-refractivity contribution in [1.82, 2.24) is 24.5 Å². The summed E-state index contributed by atoms with van der Waals surface area (Å²) in [5, 5.41) is 3.27. The molecule has 2 aromatic heterocycles. The van der Waals surface area contributed by atoms with Crippen molar-refractivity contribution in [3.8, 4) is 0 Å². The lowest BCUT2D eigenvalue weighted by atomic mass is 10.2. The van der Waals surface area contributed by atoms with Gasteiger partial charge in [-0.3, -0.25) is 0 Å². The third-order valence-corrected chi connectivity index (χ3v) is 3.69. The van der Waals surface area contributed by atoms with Crippen molar-refractivity contribution >= 4 is 17.6 Å². The van der Waals surface area contributed by atoms with Crippen molar-refractivity contribution in [2.75, 3.05) is 24.3 Å². The Kier molecular flexibility index (Phi) is 4.92. The van der Waals surface area contributed by atoms with Crippen LogP contribution < -0.4 is 10.2 Å². The normalized spacial score (nSPS) is 10.9. The molecule has 7 heteroatoms. The first-order chi connectivity index (χ1) is 12.0. The van der Waals surface area contributed by atoms with Gasteiger partial charge in [0.15, 0.2) is 0 Å². The van der Waals surface area contributed by atoms with E-state index in [-0.39, 0.29) is 5.92 Å². The van der Waals surface area contributed by atoms with Crippen LogP contribution in [0.2, 0.25) is 0 Å². The van der Waals surface area contributed by atoms with E-state index in [1.54, 1.807) is 6.20 Å². The fourth-order valence-corrected chi connectivity index (χ4v) is 2.31. The lowest BCUT2D eigenvalue weighted by Gasteiger charge is -2.15. The predicted octanol–water partition coefficient (Wildman–Crippen LogP) is 3.05. The number of imidazole rings is 1. The van der Waals surface area contributed by atoms with Crippen molar-refractivity contribution in [1.29, 1.82) is 0 Å². The molecule has 0 aliphatic heterocycles. The Bertz CT molecular complexity index is 782. The van der Waals surface area contributed by atoms with Gasteiger partial charge in [-0.05, 0) is 17.7 Å². The average Bonchev–Trinajstić information content (AvgIpc) is 3.09. The average molecular weight is 337 g/mol. The zero-order chi connectivity index (χ0) is 17.8. The number of nitrogens with one attached hydrogen (secondary N) is 1. The second kappa shape index (κ2) is 7.29. The molecule has 0 aliphatic carbocycles. The van der Waals surface area contributed by atoms with Crippen LogP contribution in [-0.2, 0) is 6.54 Å². The van der Waals surface area contributed by atoms with E-state index in [1.807, 2.05) is 48.2 Å². The van der Waals surface area contributed by atoms with Gasteiger partial charge in [-0.2, -0.15) is 15.0 Å². The minimum Gasteiger partial charge on any atom is -0.347 e. The number of hydrogen-bond donors (Lipinski definition) is 1. The lowest BCUT2D eigenvalue weighted by molar-refractivity contribution is 0.757. The standard InChI is InChI=1S/C18H23N7/c1-13(2)16-21-17(23-18(22-16)24(3)4)20-15-7-5-14(6-8-15)11-25-10-9-19-12-25/h5-10,12-13H,11H2,1-4H3,(H,20,21,22,23). The minimum absolute atomic E-state index is 0.236. The van der Waals surface area contributed by atoms with Crippen molar-refractivity contribution in [3.05, 3.63) is 54.4 Å². The van der Waals surface area contributed by atoms with Gasteiger partial charge in [-0.15, -0.1) is 0 Å². The van der Waals surface area contributed by atoms with Gasteiger partial charge in [0.2, 0.25) is 11.9 Å². The van der Waals surface area contributed by atoms with Crippen molar-refractivity contribution < 1.29 is 0 Å². The molecular weight excluding hydrogens is 314 g/mol. The van der Waals surface area contributed by atoms with Crippen LogP contribution in [0.4, 0.5) is 17.6 Å². The molecule has 25 heavy (non-hydrogen) atoms. The third kappa shape index (κ3) is 4.32. The van der Waals surface area contributed by atoms with Crippen LogP contribution in [0.1, 0.15) is 31.2 Å². The van der Waals surface area contributed by atoms with Gasteiger partial charge in [0.1, 0.15) is 5.82 Å². The third-order valence-electron chi connectivity index (χ3n) is 3.69. The first-order valence-corrected chi connectivity index (χ1v) is 8.26. The molecule has 0 aliphatic rings. The molecule has 0 bridgehead atoms. The molecule has 0 spiro atoms.